The van der Waals surface area contributed by atoms with Gasteiger partial charge in [-0.15, -0.1) is 0 Å². The number of halogens is 2. The van der Waals surface area contributed by atoms with E-state index in [1.165, 1.54) is 0 Å². The molecular weight excluding hydrogens is 276 g/mol. The largest absolute Gasteiger partial charge is 0.398 e. The van der Waals surface area contributed by atoms with E-state index in [0.717, 1.165) is 0 Å². The van der Waals surface area contributed by atoms with Crippen LogP contribution in [0.4, 0.5) is 5.69 Å². The molecule has 0 bridgehead atoms. The highest BCUT2D eigenvalue weighted by Gasteiger charge is 2.05. The molecule has 0 radical (unpaired) electrons. The second kappa shape index (κ2) is 3.40. The standard InChI is InChI=1S/C7H5ClINO/c8-4-1-2-6(10)5(3-4)7(9)11/h1-3H,10H2. The number of nitrogen functional groups attached to an aromatic ring is 1. The molecule has 0 aliphatic carbocycles. The minimum atomic E-state index is -0.0948. The summed E-state index contributed by atoms with van der Waals surface area (Å²) in [7, 11) is 0. The molecule has 1 rings (SSSR count). The Morgan fingerprint density at radius 1 is 1.55 bits per heavy atom. The van der Waals surface area contributed by atoms with Gasteiger partial charge in [0.25, 0.3) is 0 Å². The van der Waals surface area contributed by atoms with Gasteiger partial charge >= 0.3 is 0 Å². The number of hydrogen-bond donors (Lipinski definition) is 1. The van der Waals surface area contributed by atoms with Crippen LogP contribution in [0.25, 0.3) is 0 Å². The van der Waals surface area contributed by atoms with Crippen molar-refractivity contribution in [1.82, 2.24) is 0 Å². The molecule has 0 saturated heterocycles. The van der Waals surface area contributed by atoms with Crippen molar-refractivity contribution in [3.63, 3.8) is 0 Å². The average molecular weight is 281 g/mol. The third-order valence-electron chi connectivity index (χ3n) is 1.23. The number of rotatable bonds is 1. The molecule has 0 heterocycles. The van der Waals surface area contributed by atoms with E-state index in [4.69, 9.17) is 17.3 Å². The number of anilines is 1. The summed E-state index contributed by atoms with van der Waals surface area (Å²) in [6.45, 7) is 0. The quantitative estimate of drug-likeness (QED) is 0.488. The molecule has 4 heteroatoms. The molecule has 0 aliphatic rings. The smallest absolute Gasteiger partial charge is 0.224 e. The molecule has 0 fully saturated rings. The van der Waals surface area contributed by atoms with Crippen molar-refractivity contribution >= 4 is 43.7 Å². The molecule has 0 atom stereocenters. The zero-order valence-electron chi connectivity index (χ0n) is 5.47. The van der Waals surface area contributed by atoms with E-state index in [9.17, 15) is 4.79 Å². The maximum atomic E-state index is 10.9. The number of carbonyl (C=O) groups excluding carboxylic acids is 1. The van der Waals surface area contributed by atoms with Gasteiger partial charge in [0.2, 0.25) is 3.79 Å². The molecule has 1 aromatic rings. The van der Waals surface area contributed by atoms with Crippen molar-refractivity contribution in [3.8, 4) is 0 Å². The van der Waals surface area contributed by atoms with Gasteiger partial charge in [-0.3, -0.25) is 4.79 Å². The van der Waals surface area contributed by atoms with Gasteiger partial charge < -0.3 is 5.73 Å². The van der Waals surface area contributed by atoms with E-state index in [1.807, 2.05) is 0 Å². The van der Waals surface area contributed by atoms with Crippen LogP contribution in [0.5, 0.6) is 0 Å². The van der Waals surface area contributed by atoms with Gasteiger partial charge in [0, 0.05) is 33.3 Å². The lowest BCUT2D eigenvalue weighted by molar-refractivity contribution is 0.110. The highest BCUT2D eigenvalue weighted by atomic mass is 127. The normalized spacial score (nSPS) is 9.64. The van der Waals surface area contributed by atoms with Crippen LogP contribution >= 0.6 is 34.2 Å². The molecule has 11 heavy (non-hydrogen) atoms. The molecule has 1 aromatic carbocycles. The lowest BCUT2D eigenvalue weighted by atomic mass is 10.2. The van der Waals surface area contributed by atoms with Crippen LogP contribution in [0.15, 0.2) is 18.2 Å². The fourth-order valence-corrected chi connectivity index (χ4v) is 1.34. The van der Waals surface area contributed by atoms with Crippen molar-refractivity contribution in [2.75, 3.05) is 5.73 Å². The van der Waals surface area contributed by atoms with Crippen molar-refractivity contribution in [2.45, 2.75) is 0 Å². The Hall–Kier alpha value is -0.290. The summed E-state index contributed by atoms with van der Waals surface area (Å²) in [5.41, 5.74) is 6.44. The lowest BCUT2D eigenvalue weighted by Crippen LogP contribution is -1.96. The Bertz CT molecular complexity index is 300. The Morgan fingerprint density at radius 3 is 2.64 bits per heavy atom. The van der Waals surface area contributed by atoms with Gasteiger partial charge in [0.15, 0.2) is 0 Å². The van der Waals surface area contributed by atoms with E-state index in [2.05, 4.69) is 0 Å². The summed E-state index contributed by atoms with van der Waals surface area (Å²) < 4.78 is -0.0948. The zero-order valence-corrected chi connectivity index (χ0v) is 8.39. The summed E-state index contributed by atoms with van der Waals surface area (Å²) in [4.78, 5) is 10.9. The van der Waals surface area contributed by atoms with Crippen molar-refractivity contribution in [3.05, 3.63) is 28.8 Å². The van der Waals surface area contributed by atoms with Crippen LogP contribution in [0.2, 0.25) is 5.02 Å². The SMILES string of the molecule is Nc1ccc(Cl)cc1C(=O)I. The Balaban J connectivity index is 3.23. The third kappa shape index (κ3) is 2.07. The maximum Gasteiger partial charge on any atom is 0.224 e. The van der Waals surface area contributed by atoms with Gasteiger partial charge in [-0.1, -0.05) is 11.6 Å². The second-order valence-corrected chi connectivity index (χ2v) is 3.42. The molecule has 0 amide bonds. The molecular formula is C7H5ClINO. The van der Waals surface area contributed by atoms with Crippen LogP contribution in [-0.2, 0) is 0 Å². The fourth-order valence-electron chi connectivity index (χ4n) is 0.699. The van der Waals surface area contributed by atoms with E-state index < -0.39 is 0 Å². The van der Waals surface area contributed by atoms with Crippen molar-refractivity contribution in [1.29, 1.82) is 0 Å². The summed E-state index contributed by atoms with van der Waals surface area (Å²) in [5, 5.41) is 0.527. The van der Waals surface area contributed by atoms with Crippen LogP contribution < -0.4 is 5.73 Å². The van der Waals surface area contributed by atoms with E-state index in [1.54, 1.807) is 40.8 Å². The fraction of sp³-hybridized carbons (Fsp3) is 0. The second-order valence-electron chi connectivity index (χ2n) is 2.01. The van der Waals surface area contributed by atoms with Crippen LogP contribution in [0.3, 0.4) is 0 Å². The molecule has 58 valence electrons. The van der Waals surface area contributed by atoms with Crippen LogP contribution in [-0.4, -0.2) is 3.79 Å². The van der Waals surface area contributed by atoms with E-state index >= 15 is 0 Å². The zero-order chi connectivity index (χ0) is 8.43. The molecule has 0 aliphatic heterocycles. The predicted octanol–water partition coefficient (Wildman–Crippen LogP) is 2.50. The minimum Gasteiger partial charge on any atom is -0.398 e. The molecule has 2 nitrogen and oxygen atoms in total. The molecule has 0 saturated carbocycles. The topological polar surface area (TPSA) is 43.1 Å². The molecule has 2 N–H and O–H groups in total. The minimum absolute atomic E-state index is 0.0948. The lowest BCUT2D eigenvalue weighted by Gasteiger charge is -1.99. The van der Waals surface area contributed by atoms with Gasteiger partial charge in [0.05, 0.1) is 5.56 Å². The third-order valence-corrected chi connectivity index (χ3v) is 2.04. The summed E-state index contributed by atoms with van der Waals surface area (Å²) in [5.74, 6) is 0. The van der Waals surface area contributed by atoms with E-state index in [0.29, 0.717) is 16.3 Å². The first-order chi connectivity index (χ1) is 5.11. The number of benzene rings is 1. The average Bonchev–Trinajstić information content (AvgIpc) is 1.94. The van der Waals surface area contributed by atoms with E-state index in [-0.39, 0.29) is 3.79 Å². The first-order valence-corrected chi connectivity index (χ1v) is 4.32. The Kier molecular flexibility index (Phi) is 2.72. The predicted molar refractivity (Wildman–Crippen MR) is 54.2 cm³/mol. The highest BCUT2D eigenvalue weighted by molar-refractivity contribution is 14.1. The molecule has 0 spiro atoms. The number of carbonyl (C=O) groups is 1. The van der Waals surface area contributed by atoms with Crippen molar-refractivity contribution in [2.24, 2.45) is 0 Å². The van der Waals surface area contributed by atoms with Gasteiger partial charge in [-0.2, -0.15) is 0 Å². The van der Waals surface area contributed by atoms with Gasteiger partial charge in [-0.25, -0.2) is 0 Å². The Labute approximate surface area is 82.9 Å². The van der Waals surface area contributed by atoms with Crippen LogP contribution in [0.1, 0.15) is 10.4 Å². The number of hydrogen-bond acceptors (Lipinski definition) is 2. The highest BCUT2D eigenvalue weighted by Crippen LogP contribution is 2.19. The molecule has 0 aromatic heterocycles. The monoisotopic (exact) mass is 281 g/mol. The summed E-state index contributed by atoms with van der Waals surface area (Å²) in [6, 6.07) is 4.83. The maximum absolute atomic E-state index is 10.9. The van der Waals surface area contributed by atoms with Crippen molar-refractivity contribution < 1.29 is 4.79 Å². The summed E-state index contributed by atoms with van der Waals surface area (Å²) >= 11 is 7.32. The summed E-state index contributed by atoms with van der Waals surface area (Å²) in [6.07, 6.45) is 0. The first kappa shape index (κ1) is 8.80. The number of nitrogens with two attached hydrogens (primary N) is 1. The molecule has 0 unspecified atom stereocenters. The Morgan fingerprint density at radius 2 is 2.18 bits per heavy atom. The first-order valence-electron chi connectivity index (χ1n) is 2.86. The van der Waals surface area contributed by atoms with Gasteiger partial charge in [0.1, 0.15) is 0 Å². The van der Waals surface area contributed by atoms with Gasteiger partial charge in [-0.05, 0) is 18.2 Å². The van der Waals surface area contributed by atoms with Crippen LogP contribution in [0, 0.1) is 0 Å².